The van der Waals surface area contributed by atoms with Gasteiger partial charge in [0.15, 0.2) is 5.60 Å². The van der Waals surface area contributed by atoms with Gasteiger partial charge in [0.05, 0.1) is 0 Å². The van der Waals surface area contributed by atoms with Crippen LogP contribution in [0.4, 0.5) is 0 Å². The Morgan fingerprint density at radius 1 is 1.41 bits per heavy atom. The number of esters is 1. The molecule has 152 valence electrons. The number of cyclic esters (lactones) is 1. The van der Waals surface area contributed by atoms with Crippen molar-refractivity contribution in [3.8, 4) is 0 Å². The zero-order valence-electron chi connectivity index (χ0n) is 17.1. The van der Waals surface area contributed by atoms with Crippen molar-refractivity contribution >= 4 is 21.9 Å². The SMILES string of the molecule is COCO[C@]1(C)C=C(CC[C@@H](C)[C@H]2CCC3C(=CBr)CCC[C@]32C)OC1=O. The minimum atomic E-state index is -1.02. The van der Waals surface area contributed by atoms with Gasteiger partial charge in [-0.05, 0) is 79.7 Å². The van der Waals surface area contributed by atoms with Gasteiger partial charge in [-0.2, -0.15) is 0 Å². The van der Waals surface area contributed by atoms with Crippen molar-refractivity contribution in [2.45, 2.75) is 71.3 Å². The molecule has 2 saturated carbocycles. The summed E-state index contributed by atoms with van der Waals surface area (Å²) in [6.45, 7) is 6.70. The first-order chi connectivity index (χ1) is 12.8. The van der Waals surface area contributed by atoms with E-state index in [1.807, 2.05) is 6.08 Å². The Balaban J connectivity index is 1.61. The molecule has 2 aliphatic carbocycles. The van der Waals surface area contributed by atoms with E-state index in [1.165, 1.54) is 32.1 Å². The first kappa shape index (κ1) is 21.1. The van der Waals surface area contributed by atoms with Gasteiger partial charge in [-0.25, -0.2) is 4.79 Å². The summed E-state index contributed by atoms with van der Waals surface area (Å²) in [5.41, 5.74) is 1.00. The highest BCUT2D eigenvalue weighted by molar-refractivity contribution is 9.11. The largest absolute Gasteiger partial charge is 0.429 e. The molecule has 0 radical (unpaired) electrons. The number of allylic oxidation sites excluding steroid dienone is 2. The Morgan fingerprint density at radius 3 is 2.89 bits per heavy atom. The Hall–Kier alpha value is -0.650. The molecular weight excluding hydrogens is 408 g/mol. The van der Waals surface area contributed by atoms with Gasteiger partial charge in [-0.15, -0.1) is 0 Å². The fourth-order valence-corrected chi connectivity index (χ4v) is 6.29. The van der Waals surface area contributed by atoms with Crippen LogP contribution >= 0.6 is 15.9 Å². The summed E-state index contributed by atoms with van der Waals surface area (Å²) in [4.78, 5) is 14.3. The Labute approximate surface area is 171 Å². The maximum absolute atomic E-state index is 12.2. The number of halogens is 1. The quantitative estimate of drug-likeness (QED) is 0.375. The van der Waals surface area contributed by atoms with E-state index in [0.717, 1.165) is 30.4 Å². The Kier molecular flexibility index (Phi) is 6.54. The van der Waals surface area contributed by atoms with E-state index >= 15 is 0 Å². The number of carbonyl (C=O) groups excluding carboxylic acids is 1. The van der Waals surface area contributed by atoms with Gasteiger partial charge < -0.3 is 14.2 Å². The average Bonchev–Trinajstić information content (AvgIpc) is 3.14. The van der Waals surface area contributed by atoms with Crippen LogP contribution in [-0.2, 0) is 19.0 Å². The zero-order chi connectivity index (χ0) is 19.7. The van der Waals surface area contributed by atoms with Crippen molar-refractivity contribution in [1.82, 2.24) is 0 Å². The third-order valence-electron chi connectivity index (χ3n) is 7.25. The molecule has 0 spiro atoms. The molecule has 0 bridgehead atoms. The third-order valence-corrected chi connectivity index (χ3v) is 7.84. The first-order valence-corrected chi connectivity index (χ1v) is 11.1. The van der Waals surface area contributed by atoms with Crippen molar-refractivity contribution < 1.29 is 19.0 Å². The number of rotatable bonds is 7. The molecule has 2 fully saturated rings. The molecule has 0 aromatic rings. The van der Waals surface area contributed by atoms with Crippen molar-refractivity contribution in [3.63, 3.8) is 0 Å². The standard InChI is InChI=1S/C22H33BrO4/c1-15(7-8-17-12-22(3,20(24)27-17)26-14-25-4)18-9-10-19-16(13-23)6-5-11-21(18,19)2/h12-13,15,18-19H,5-11,14H2,1-4H3/t15-,18-,19?,21+,22-/m1/s1. The lowest BCUT2D eigenvalue weighted by Crippen LogP contribution is -2.35. The number of hydrogen-bond acceptors (Lipinski definition) is 4. The minimum Gasteiger partial charge on any atom is -0.429 e. The van der Waals surface area contributed by atoms with Crippen molar-refractivity contribution in [2.75, 3.05) is 13.9 Å². The van der Waals surface area contributed by atoms with Crippen LogP contribution in [0.15, 0.2) is 22.4 Å². The van der Waals surface area contributed by atoms with E-state index in [2.05, 4.69) is 34.8 Å². The molecular formula is C22H33BrO4. The van der Waals surface area contributed by atoms with Gasteiger partial charge in [0.1, 0.15) is 12.6 Å². The number of ether oxygens (including phenoxy) is 3. The molecule has 0 aromatic heterocycles. The lowest BCUT2D eigenvalue weighted by Gasteiger charge is -2.44. The molecule has 27 heavy (non-hydrogen) atoms. The number of carbonyl (C=O) groups is 1. The topological polar surface area (TPSA) is 44.8 Å². The van der Waals surface area contributed by atoms with Gasteiger partial charge >= 0.3 is 5.97 Å². The maximum atomic E-state index is 12.2. The smallest absolute Gasteiger partial charge is 0.347 e. The molecule has 0 aromatic carbocycles. The maximum Gasteiger partial charge on any atom is 0.347 e. The predicted molar refractivity (Wildman–Crippen MR) is 109 cm³/mol. The van der Waals surface area contributed by atoms with Crippen LogP contribution in [0, 0.1) is 23.2 Å². The molecule has 0 N–H and O–H groups in total. The Bertz CT molecular complexity index is 628. The summed E-state index contributed by atoms with van der Waals surface area (Å²) in [5.74, 6) is 2.48. The monoisotopic (exact) mass is 440 g/mol. The highest BCUT2D eigenvalue weighted by Gasteiger charge is 2.50. The molecule has 0 saturated heterocycles. The average molecular weight is 441 g/mol. The molecule has 1 unspecified atom stereocenters. The molecule has 5 atom stereocenters. The summed E-state index contributed by atoms with van der Waals surface area (Å²) in [7, 11) is 1.55. The number of methoxy groups -OCH3 is 1. The summed E-state index contributed by atoms with van der Waals surface area (Å²) in [6, 6.07) is 0. The van der Waals surface area contributed by atoms with Gasteiger partial charge in [-0.1, -0.05) is 35.4 Å². The molecule has 1 heterocycles. The van der Waals surface area contributed by atoms with Crippen molar-refractivity contribution in [3.05, 3.63) is 22.4 Å². The van der Waals surface area contributed by atoms with E-state index in [1.54, 1.807) is 19.6 Å². The Morgan fingerprint density at radius 2 is 2.19 bits per heavy atom. The second-order valence-electron chi connectivity index (χ2n) is 8.95. The van der Waals surface area contributed by atoms with Crippen molar-refractivity contribution in [1.29, 1.82) is 0 Å². The molecule has 4 nitrogen and oxygen atoms in total. The van der Waals surface area contributed by atoms with E-state index in [9.17, 15) is 4.79 Å². The predicted octanol–water partition coefficient (Wildman–Crippen LogP) is 5.72. The fraction of sp³-hybridized carbons (Fsp3) is 0.773. The van der Waals surface area contributed by atoms with E-state index < -0.39 is 5.60 Å². The van der Waals surface area contributed by atoms with Crippen LogP contribution in [0.1, 0.15) is 65.7 Å². The van der Waals surface area contributed by atoms with Crippen LogP contribution in [0.3, 0.4) is 0 Å². The zero-order valence-corrected chi connectivity index (χ0v) is 18.6. The van der Waals surface area contributed by atoms with E-state index in [0.29, 0.717) is 11.3 Å². The van der Waals surface area contributed by atoms with Crippen LogP contribution in [0.25, 0.3) is 0 Å². The minimum absolute atomic E-state index is 0.0804. The summed E-state index contributed by atoms with van der Waals surface area (Å²) in [5, 5.41) is 0. The highest BCUT2D eigenvalue weighted by Crippen LogP contribution is 2.60. The second-order valence-corrected chi connectivity index (χ2v) is 9.41. The van der Waals surface area contributed by atoms with Crippen LogP contribution in [-0.4, -0.2) is 25.5 Å². The van der Waals surface area contributed by atoms with Gasteiger partial charge in [0, 0.05) is 13.5 Å². The third kappa shape index (κ3) is 4.06. The lowest BCUT2D eigenvalue weighted by atomic mass is 9.61. The normalized spacial score (nSPS) is 38.6. The first-order valence-electron chi connectivity index (χ1n) is 10.2. The summed E-state index contributed by atoms with van der Waals surface area (Å²) < 4.78 is 15.9. The van der Waals surface area contributed by atoms with Gasteiger partial charge in [-0.3, -0.25) is 0 Å². The molecule has 3 aliphatic rings. The number of hydrogen-bond donors (Lipinski definition) is 0. The fourth-order valence-electron chi connectivity index (χ4n) is 5.74. The van der Waals surface area contributed by atoms with E-state index in [-0.39, 0.29) is 12.8 Å². The van der Waals surface area contributed by atoms with Crippen LogP contribution in [0.2, 0.25) is 0 Å². The summed E-state index contributed by atoms with van der Waals surface area (Å²) >= 11 is 3.60. The van der Waals surface area contributed by atoms with Crippen LogP contribution < -0.4 is 0 Å². The lowest BCUT2D eigenvalue weighted by molar-refractivity contribution is -0.166. The van der Waals surface area contributed by atoms with E-state index in [4.69, 9.17) is 14.2 Å². The molecule has 5 heteroatoms. The molecule has 1 aliphatic heterocycles. The molecule has 0 amide bonds. The molecule has 3 rings (SSSR count). The summed E-state index contributed by atoms with van der Waals surface area (Å²) in [6.07, 6.45) is 10.1. The second kappa shape index (κ2) is 8.38. The number of fused-ring (bicyclic) bond motifs is 1. The van der Waals surface area contributed by atoms with Gasteiger partial charge in [0.25, 0.3) is 0 Å². The van der Waals surface area contributed by atoms with Crippen molar-refractivity contribution in [2.24, 2.45) is 23.2 Å². The highest BCUT2D eigenvalue weighted by atomic mass is 79.9. The van der Waals surface area contributed by atoms with Gasteiger partial charge in [0.2, 0.25) is 0 Å². The van der Waals surface area contributed by atoms with Crippen LogP contribution in [0.5, 0.6) is 0 Å².